The standard InChI is InChI=1S/C10H12N4OS/c1-7(15)8-3-4-9(11-5-8)16-10-12-6-13-14(10)2/h3-7,15H,1-2H3. The summed E-state index contributed by atoms with van der Waals surface area (Å²) in [5.41, 5.74) is 0.808. The Morgan fingerprint density at radius 2 is 2.19 bits per heavy atom. The predicted octanol–water partition coefficient (Wildman–Crippen LogP) is 1.41. The van der Waals surface area contributed by atoms with E-state index in [1.807, 2.05) is 19.2 Å². The summed E-state index contributed by atoms with van der Waals surface area (Å²) in [5.74, 6) is 0. The van der Waals surface area contributed by atoms with Crippen molar-refractivity contribution in [2.24, 2.45) is 7.05 Å². The number of aromatic nitrogens is 4. The van der Waals surface area contributed by atoms with Crippen molar-refractivity contribution in [3.8, 4) is 0 Å². The van der Waals surface area contributed by atoms with Crippen molar-refractivity contribution >= 4 is 11.8 Å². The highest BCUT2D eigenvalue weighted by atomic mass is 32.2. The molecular formula is C10H12N4OS. The molecule has 0 radical (unpaired) electrons. The molecule has 2 aromatic heterocycles. The van der Waals surface area contributed by atoms with Crippen LogP contribution in [0.2, 0.25) is 0 Å². The zero-order valence-corrected chi connectivity index (χ0v) is 9.85. The molecule has 0 aliphatic rings. The molecule has 1 atom stereocenters. The van der Waals surface area contributed by atoms with Gasteiger partial charge in [0.15, 0.2) is 5.16 Å². The number of aliphatic hydroxyl groups excluding tert-OH is 1. The zero-order valence-electron chi connectivity index (χ0n) is 9.03. The second-order valence-corrected chi connectivity index (χ2v) is 4.36. The Bertz CT molecular complexity index is 466. The number of pyridine rings is 1. The summed E-state index contributed by atoms with van der Waals surface area (Å²) in [6, 6.07) is 3.72. The number of nitrogens with zero attached hydrogens (tertiary/aromatic N) is 4. The van der Waals surface area contributed by atoms with Gasteiger partial charge in [0.2, 0.25) is 0 Å². The van der Waals surface area contributed by atoms with Crippen LogP contribution in [-0.4, -0.2) is 24.9 Å². The highest BCUT2D eigenvalue weighted by Gasteiger charge is 2.06. The van der Waals surface area contributed by atoms with Crippen LogP contribution in [0.1, 0.15) is 18.6 Å². The summed E-state index contributed by atoms with van der Waals surface area (Å²) in [6.45, 7) is 1.71. The molecule has 2 aromatic rings. The number of hydrogen-bond acceptors (Lipinski definition) is 5. The first kappa shape index (κ1) is 11.1. The van der Waals surface area contributed by atoms with Crippen molar-refractivity contribution in [3.63, 3.8) is 0 Å². The first-order valence-corrected chi connectivity index (χ1v) is 5.64. The minimum Gasteiger partial charge on any atom is -0.389 e. The van der Waals surface area contributed by atoms with E-state index >= 15 is 0 Å². The molecule has 0 saturated heterocycles. The molecule has 1 unspecified atom stereocenters. The molecule has 0 aliphatic heterocycles. The molecule has 6 heteroatoms. The summed E-state index contributed by atoms with van der Waals surface area (Å²) in [5, 5.41) is 14.9. The maximum Gasteiger partial charge on any atom is 0.192 e. The summed E-state index contributed by atoms with van der Waals surface area (Å²) >= 11 is 1.44. The molecule has 0 bridgehead atoms. The summed E-state index contributed by atoms with van der Waals surface area (Å²) in [7, 11) is 1.83. The van der Waals surface area contributed by atoms with Gasteiger partial charge in [-0.3, -0.25) is 0 Å². The fourth-order valence-corrected chi connectivity index (χ4v) is 1.88. The maximum atomic E-state index is 9.34. The lowest BCUT2D eigenvalue weighted by atomic mass is 10.2. The average Bonchev–Trinajstić information content (AvgIpc) is 2.65. The van der Waals surface area contributed by atoms with E-state index in [9.17, 15) is 5.11 Å². The second kappa shape index (κ2) is 4.63. The van der Waals surface area contributed by atoms with Crippen molar-refractivity contribution in [2.45, 2.75) is 23.2 Å². The Morgan fingerprint density at radius 3 is 2.69 bits per heavy atom. The molecule has 0 aliphatic carbocycles. The SMILES string of the molecule is CC(O)c1ccc(Sc2ncnn2C)nc1. The molecule has 2 heterocycles. The van der Waals surface area contributed by atoms with E-state index in [4.69, 9.17) is 0 Å². The Hall–Kier alpha value is -1.40. The first-order valence-electron chi connectivity index (χ1n) is 4.82. The summed E-state index contributed by atoms with van der Waals surface area (Å²) in [6.07, 6.45) is 2.69. The third-order valence-corrected chi connectivity index (χ3v) is 3.11. The van der Waals surface area contributed by atoms with Gasteiger partial charge in [-0.1, -0.05) is 6.07 Å². The summed E-state index contributed by atoms with van der Waals surface area (Å²) < 4.78 is 1.69. The molecule has 16 heavy (non-hydrogen) atoms. The van der Waals surface area contributed by atoms with Crippen molar-refractivity contribution in [1.29, 1.82) is 0 Å². The van der Waals surface area contributed by atoms with E-state index < -0.39 is 6.10 Å². The van der Waals surface area contributed by atoms with Crippen LogP contribution in [0.25, 0.3) is 0 Å². The number of rotatable bonds is 3. The Labute approximate surface area is 97.5 Å². The van der Waals surface area contributed by atoms with Gasteiger partial charge < -0.3 is 5.11 Å². The minimum atomic E-state index is -0.485. The number of aliphatic hydroxyl groups is 1. The van der Waals surface area contributed by atoms with E-state index in [-0.39, 0.29) is 0 Å². The second-order valence-electron chi connectivity index (χ2n) is 3.37. The van der Waals surface area contributed by atoms with Crippen molar-refractivity contribution in [2.75, 3.05) is 0 Å². The van der Waals surface area contributed by atoms with Gasteiger partial charge in [0.1, 0.15) is 11.4 Å². The fourth-order valence-electron chi connectivity index (χ4n) is 1.17. The van der Waals surface area contributed by atoms with Gasteiger partial charge in [0.25, 0.3) is 0 Å². The predicted molar refractivity (Wildman–Crippen MR) is 60.0 cm³/mol. The molecule has 0 saturated carbocycles. The van der Waals surface area contributed by atoms with Crippen LogP contribution in [0, 0.1) is 0 Å². The van der Waals surface area contributed by atoms with E-state index in [1.54, 1.807) is 17.8 Å². The Morgan fingerprint density at radius 1 is 1.38 bits per heavy atom. The molecule has 2 rings (SSSR count). The van der Waals surface area contributed by atoms with Gasteiger partial charge in [0, 0.05) is 13.2 Å². The minimum absolute atomic E-state index is 0.485. The summed E-state index contributed by atoms with van der Waals surface area (Å²) in [4.78, 5) is 8.33. The number of aryl methyl sites for hydroxylation is 1. The van der Waals surface area contributed by atoms with Crippen molar-refractivity contribution in [3.05, 3.63) is 30.2 Å². The van der Waals surface area contributed by atoms with Crippen LogP contribution >= 0.6 is 11.8 Å². The molecule has 5 nitrogen and oxygen atoms in total. The van der Waals surface area contributed by atoms with Crippen LogP contribution in [0.5, 0.6) is 0 Å². The lowest BCUT2D eigenvalue weighted by Crippen LogP contribution is -1.95. The van der Waals surface area contributed by atoms with E-state index in [0.29, 0.717) is 0 Å². The van der Waals surface area contributed by atoms with Crippen LogP contribution in [0.3, 0.4) is 0 Å². The van der Waals surface area contributed by atoms with Crippen molar-refractivity contribution in [1.82, 2.24) is 19.7 Å². The topological polar surface area (TPSA) is 63.8 Å². The Balaban J connectivity index is 2.14. The molecule has 0 aromatic carbocycles. The monoisotopic (exact) mass is 236 g/mol. The average molecular weight is 236 g/mol. The molecule has 0 spiro atoms. The van der Waals surface area contributed by atoms with Crippen LogP contribution in [-0.2, 0) is 7.05 Å². The molecule has 84 valence electrons. The third kappa shape index (κ3) is 2.40. The molecule has 0 amide bonds. The van der Waals surface area contributed by atoms with Gasteiger partial charge in [-0.05, 0) is 30.3 Å². The molecular weight excluding hydrogens is 224 g/mol. The lowest BCUT2D eigenvalue weighted by Gasteiger charge is -2.04. The number of hydrogen-bond donors (Lipinski definition) is 1. The highest BCUT2D eigenvalue weighted by molar-refractivity contribution is 7.99. The van der Waals surface area contributed by atoms with E-state index in [0.717, 1.165) is 15.7 Å². The molecule has 0 fully saturated rings. The molecule has 1 N–H and O–H groups in total. The lowest BCUT2D eigenvalue weighted by molar-refractivity contribution is 0.198. The normalized spacial score (nSPS) is 12.7. The largest absolute Gasteiger partial charge is 0.389 e. The van der Waals surface area contributed by atoms with Gasteiger partial charge in [-0.2, -0.15) is 5.10 Å². The van der Waals surface area contributed by atoms with Gasteiger partial charge >= 0.3 is 0 Å². The van der Waals surface area contributed by atoms with Crippen LogP contribution < -0.4 is 0 Å². The van der Waals surface area contributed by atoms with Crippen molar-refractivity contribution < 1.29 is 5.11 Å². The quantitative estimate of drug-likeness (QED) is 0.873. The smallest absolute Gasteiger partial charge is 0.192 e. The Kier molecular flexibility index (Phi) is 3.21. The zero-order chi connectivity index (χ0) is 11.5. The van der Waals surface area contributed by atoms with Gasteiger partial charge in [-0.15, -0.1) is 0 Å². The third-order valence-electron chi connectivity index (χ3n) is 2.11. The van der Waals surface area contributed by atoms with Crippen LogP contribution in [0.4, 0.5) is 0 Å². The van der Waals surface area contributed by atoms with E-state index in [1.165, 1.54) is 18.1 Å². The van der Waals surface area contributed by atoms with E-state index in [2.05, 4.69) is 15.1 Å². The maximum absolute atomic E-state index is 9.34. The first-order chi connectivity index (χ1) is 7.66. The van der Waals surface area contributed by atoms with Gasteiger partial charge in [0.05, 0.1) is 6.10 Å². The highest BCUT2D eigenvalue weighted by Crippen LogP contribution is 2.23. The van der Waals surface area contributed by atoms with Gasteiger partial charge in [-0.25, -0.2) is 14.6 Å². The van der Waals surface area contributed by atoms with Crippen LogP contribution in [0.15, 0.2) is 34.8 Å². The fraction of sp³-hybridized carbons (Fsp3) is 0.300.